The SMILES string of the molecule is CCCC(=O)c1cnn(-c2ccc(NC(=O)c3cn(CC(=O)N4CCN(C(C)(C)COC)CC4)c4ccc(Cl)cc34)cc2)c1C. The van der Waals surface area contributed by atoms with Crippen LogP contribution in [0.1, 0.15) is 60.0 Å². The molecule has 0 unspecified atom stereocenters. The van der Waals surface area contributed by atoms with Gasteiger partial charge in [0.15, 0.2) is 5.78 Å². The number of Topliss-reactive ketones (excluding diaryl/α,β-unsaturated/α-hetero) is 1. The normalized spacial score (nSPS) is 14.2. The van der Waals surface area contributed by atoms with E-state index >= 15 is 0 Å². The van der Waals surface area contributed by atoms with Gasteiger partial charge in [-0.05, 0) is 69.7 Å². The van der Waals surface area contributed by atoms with Crippen molar-refractivity contribution in [2.45, 2.75) is 52.6 Å². The van der Waals surface area contributed by atoms with Crippen LogP contribution in [0.3, 0.4) is 0 Å². The van der Waals surface area contributed by atoms with Crippen molar-refractivity contribution in [3.63, 3.8) is 0 Å². The fraction of sp³-hybridized carbons (Fsp3) is 0.412. The van der Waals surface area contributed by atoms with Crippen LogP contribution in [0.5, 0.6) is 0 Å². The van der Waals surface area contributed by atoms with Crippen molar-refractivity contribution >= 4 is 45.8 Å². The van der Waals surface area contributed by atoms with Crippen molar-refractivity contribution in [3.8, 4) is 5.69 Å². The van der Waals surface area contributed by atoms with Gasteiger partial charge in [0, 0.05) is 73.1 Å². The summed E-state index contributed by atoms with van der Waals surface area (Å²) >= 11 is 6.33. The third-order valence-corrected chi connectivity index (χ3v) is 8.77. The summed E-state index contributed by atoms with van der Waals surface area (Å²) in [5, 5.41) is 8.56. The van der Waals surface area contributed by atoms with Gasteiger partial charge >= 0.3 is 0 Å². The predicted octanol–water partition coefficient (Wildman–Crippen LogP) is 5.59. The van der Waals surface area contributed by atoms with E-state index in [0.29, 0.717) is 53.3 Å². The van der Waals surface area contributed by atoms with Crippen molar-refractivity contribution in [2.75, 3.05) is 45.2 Å². The van der Waals surface area contributed by atoms with Crippen molar-refractivity contribution < 1.29 is 19.1 Å². The minimum absolute atomic E-state index is 0.00191. The number of carbonyl (C=O) groups is 3. The smallest absolute Gasteiger partial charge is 0.257 e. The van der Waals surface area contributed by atoms with Crippen LogP contribution in [0, 0.1) is 6.92 Å². The summed E-state index contributed by atoms with van der Waals surface area (Å²) in [5.41, 5.74) is 3.87. The molecular formula is C34H41ClN6O4. The maximum atomic E-state index is 13.5. The van der Waals surface area contributed by atoms with Gasteiger partial charge in [-0.2, -0.15) is 5.10 Å². The topological polar surface area (TPSA) is 102 Å². The number of methoxy groups -OCH3 is 1. The van der Waals surface area contributed by atoms with Gasteiger partial charge in [0.1, 0.15) is 6.54 Å². The molecule has 1 aliphatic heterocycles. The number of amides is 2. The Kier molecular flexibility index (Phi) is 9.76. The Labute approximate surface area is 268 Å². The molecule has 1 fully saturated rings. The number of nitrogens with one attached hydrogen (secondary N) is 1. The van der Waals surface area contributed by atoms with E-state index in [0.717, 1.165) is 36.4 Å². The molecule has 1 saturated heterocycles. The Balaban J connectivity index is 1.29. The Morgan fingerprint density at radius 2 is 1.73 bits per heavy atom. The number of fused-ring (bicyclic) bond motifs is 1. The number of benzene rings is 2. The third kappa shape index (κ3) is 6.98. The summed E-state index contributed by atoms with van der Waals surface area (Å²) < 4.78 is 8.93. The van der Waals surface area contributed by atoms with Crippen molar-refractivity contribution in [3.05, 3.63) is 76.7 Å². The Bertz CT molecular complexity index is 1700. The summed E-state index contributed by atoms with van der Waals surface area (Å²) in [6.07, 6.45) is 4.60. The van der Waals surface area contributed by atoms with Gasteiger partial charge in [-0.1, -0.05) is 18.5 Å². The fourth-order valence-electron chi connectivity index (χ4n) is 6.02. The first kappa shape index (κ1) is 32.4. The van der Waals surface area contributed by atoms with Crippen molar-refractivity contribution in [1.29, 1.82) is 0 Å². The Hall–Kier alpha value is -3.99. The van der Waals surface area contributed by atoms with Gasteiger partial charge in [0.2, 0.25) is 5.91 Å². The number of ether oxygens (including phenoxy) is 1. The molecule has 1 N–H and O–H groups in total. The molecule has 1 aliphatic rings. The molecule has 45 heavy (non-hydrogen) atoms. The van der Waals surface area contributed by atoms with Gasteiger partial charge in [0.05, 0.1) is 35.3 Å². The van der Waals surface area contributed by atoms with E-state index < -0.39 is 0 Å². The first-order valence-electron chi connectivity index (χ1n) is 15.3. The number of carbonyl (C=O) groups excluding carboxylic acids is 3. The summed E-state index contributed by atoms with van der Waals surface area (Å²) in [6.45, 7) is 11.7. The molecule has 0 aliphatic carbocycles. The van der Waals surface area contributed by atoms with E-state index in [1.165, 1.54) is 0 Å². The monoisotopic (exact) mass is 632 g/mol. The number of anilines is 1. The average Bonchev–Trinajstić information content (AvgIpc) is 3.57. The molecule has 0 atom stereocenters. The molecule has 10 nitrogen and oxygen atoms in total. The van der Waals surface area contributed by atoms with Crippen LogP contribution in [-0.2, 0) is 16.1 Å². The van der Waals surface area contributed by atoms with E-state index in [1.54, 1.807) is 48.5 Å². The van der Waals surface area contributed by atoms with Gasteiger partial charge in [-0.15, -0.1) is 0 Å². The lowest BCUT2D eigenvalue weighted by atomic mass is 10.0. The van der Waals surface area contributed by atoms with Crippen LogP contribution >= 0.6 is 11.6 Å². The van der Waals surface area contributed by atoms with Crippen LogP contribution in [-0.4, -0.2) is 87.2 Å². The molecule has 238 valence electrons. The second-order valence-corrected chi connectivity index (χ2v) is 12.6. The number of ketones is 1. The highest BCUT2D eigenvalue weighted by atomic mass is 35.5. The van der Waals surface area contributed by atoms with Crippen LogP contribution in [0.25, 0.3) is 16.6 Å². The van der Waals surface area contributed by atoms with Crippen LogP contribution in [0.4, 0.5) is 5.69 Å². The van der Waals surface area contributed by atoms with E-state index in [2.05, 4.69) is 29.2 Å². The number of halogens is 1. The third-order valence-electron chi connectivity index (χ3n) is 8.54. The first-order chi connectivity index (χ1) is 21.5. The van der Waals surface area contributed by atoms with Crippen molar-refractivity contribution in [2.24, 2.45) is 0 Å². The largest absolute Gasteiger partial charge is 0.383 e. The molecule has 4 aromatic rings. The van der Waals surface area contributed by atoms with Gasteiger partial charge in [0.25, 0.3) is 5.91 Å². The van der Waals surface area contributed by atoms with E-state index in [1.807, 2.05) is 41.5 Å². The number of piperazine rings is 1. The summed E-state index contributed by atoms with van der Waals surface area (Å²) in [6, 6.07) is 12.6. The van der Waals surface area contributed by atoms with Crippen LogP contribution in [0.2, 0.25) is 5.02 Å². The van der Waals surface area contributed by atoms with Crippen LogP contribution < -0.4 is 5.32 Å². The van der Waals surface area contributed by atoms with E-state index in [9.17, 15) is 14.4 Å². The van der Waals surface area contributed by atoms with E-state index in [4.69, 9.17) is 16.3 Å². The quantitative estimate of drug-likeness (QED) is 0.216. The Morgan fingerprint density at radius 1 is 1.02 bits per heavy atom. The van der Waals surface area contributed by atoms with Crippen LogP contribution in [0.15, 0.2) is 54.9 Å². The van der Waals surface area contributed by atoms with Gasteiger partial charge < -0.3 is 19.5 Å². The lowest BCUT2D eigenvalue weighted by Crippen LogP contribution is -2.57. The molecule has 3 heterocycles. The molecule has 0 bridgehead atoms. The standard InChI is InChI=1S/C34H41ClN6O4/c1-6-7-31(42)28-19-36-41(23(28)2)26-11-9-25(10-12-26)37-33(44)29-20-39(30-13-8-24(35)18-27(29)30)21-32(43)38-14-16-40(17-15-38)34(3,4)22-45-5/h8-13,18-20H,6-7,14-17,21-22H2,1-5H3,(H,37,44). The van der Waals surface area contributed by atoms with E-state index in [-0.39, 0.29) is 29.7 Å². The molecule has 0 spiro atoms. The zero-order chi connectivity index (χ0) is 32.3. The zero-order valence-corrected chi connectivity index (χ0v) is 27.4. The summed E-state index contributed by atoms with van der Waals surface area (Å²) in [5.74, 6) is -0.226. The fourth-order valence-corrected chi connectivity index (χ4v) is 6.19. The number of hydrogen-bond acceptors (Lipinski definition) is 6. The molecular weight excluding hydrogens is 592 g/mol. The minimum Gasteiger partial charge on any atom is -0.383 e. The second-order valence-electron chi connectivity index (χ2n) is 12.2. The number of hydrogen-bond donors (Lipinski definition) is 1. The summed E-state index contributed by atoms with van der Waals surface area (Å²) in [4.78, 5) is 43.6. The maximum Gasteiger partial charge on any atom is 0.257 e. The number of aromatic nitrogens is 3. The summed E-state index contributed by atoms with van der Waals surface area (Å²) in [7, 11) is 1.71. The molecule has 5 rings (SSSR count). The highest BCUT2D eigenvalue weighted by Crippen LogP contribution is 2.27. The van der Waals surface area contributed by atoms with Gasteiger partial charge in [-0.3, -0.25) is 19.3 Å². The molecule has 11 heteroatoms. The zero-order valence-electron chi connectivity index (χ0n) is 26.6. The highest BCUT2D eigenvalue weighted by Gasteiger charge is 2.31. The molecule has 2 amide bonds. The second kappa shape index (κ2) is 13.6. The molecule has 2 aromatic carbocycles. The number of rotatable bonds is 11. The highest BCUT2D eigenvalue weighted by molar-refractivity contribution is 6.31. The number of nitrogens with zero attached hydrogens (tertiary/aromatic N) is 5. The first-order valence-corrected chi connectivity index (χ1v) is 15.7. The Morgan fingerprint density at radius 3 is 2.40 bits per heavy atom. The molecule has 0 radical (unpaired) electrons. The molecule has 0 saturated carbocycles. The van der Waals surface area contributed by atoms with Crippen molar-refractivity contribution in [1.82, 2.24) is 24.1 Å². The average molecular weight is 633 g/mol. The lowest BCUT2D eigenvalue weighted by Gasteiger charge is -2.43. The maximum absolute atomic E-state index is 13.5. The minimum atomic E-state index is -0.307. The predicted molar refractivity (Wildman–Crippen MR) is 177 cm³/mol. The van der Waals surface area contributed by atoms with Gasteiger partial charge in [-0.25, -0.2) is 4.68 Å². The molecule has 2 aromatic heterocycles. The lowest BCUT2D eigenvalue weighted by molar-refractivity contribution is -0.134.